The zero-order valence-electron chi connectivity index (χ0n) is 22.0. The summed E-state index contributed by atoms with van der Waals surface area (Å²) in [4.78, 5) is 41.1. The van der Waals surface area contributed by atoms with Gasteiger partial charge in [-0.25, -0.2) is 0 Å². The summed E-state index contributed by atoms with van der Waals surface area (Å²) in [7, 11) is 1.47. The van der Waals surface area contributed by atoms with Crippen molar-refractivity contribution < 1.29 is 39.2 Å². The van der Waals surface area contributed by atoms with Crippen molar-refractivity contribution in [1.82, 2.24) is 10.2 Å². The third-order valence-electron chi connectivity index (χ3n) is 7.83. The topological polar surface area (TPSA) is 146 Å². The molecule has 10 nitrogen and oxygen atoms in total. The van der Waals surface area contributed by atoms with Gasteiger partial charge in [0, 0.05) is 30.1 Å². The van der Waals surface area contributed by atoms with Gasteiger partial charge in [0.25, 0.3) is 5.91 Å². The van der Waals surface area contributed by atoms with Crippen molar-refractivity contribution in [3.05, 3.63) is 34.9 Å². The van der Waals surface area contributed by atoms with Crippen LogP contribution in [0.3, 0.4) is 0 Å². The maximum atomic E-state index is 13.5. The van der Waals surface area contributed by atoms with Gasteiger partial charge >= 0.3 is 0 Å². The van der Waals surface area contributed by atoms with Gasteiger partial charge in [-0.2, -0.15) is 0 Å². The predicted molar refractivity (Wildman–Crippen MR) is 138 cm³/mol. The van der Waals surface area contributed by atoms with E-state index >= 15 is 0 Å². The Balaban J connectivity index is 1.84. The molecule has 1 aliphatic heterocycles. The van der Waals surface area contributed by atoms with Gasteiger partial charge in [0.2, 0.25) is 11.7 Å². The molecule has 0 spiro atoms. The summed E-state index contributed by atoms with van der Waals surface area (Å²) in [5.74, 6) is -1.67. The molecule has 4 atom stereocenters. The van der Waals surface area contributed by atoms with Gasteiger partial charge in [-0.15, -0.1) is 0 Å². The molecule has 0 radical (unpaired) electrons. The molecule has 1 fully saturated rings. The van der Waals surface area contributed by atoms with E-state index in [4.69, 9.17) is 9.47 Å². The smallest absolute Gasteiger partial charge is 0.290 e. The number of ketones is 1. The van der Waals surface area contributed by atoms with Crippen molar-refractivity contribution in [2.75, 3.05) is 20.3 Å². The van der Waals surface area contributed by atoms with E-state index in [0.29, 0.717) is 35.5 Å². The second-order valence-electron chi connectivity index (χ2n) is 10.2. The SMILES string of the molecule is CCC(=O)C(=O)N(C1CCCCCC1)[C@@H]1C=C(C(=O)NCCO)[C@@H]2c3cc(CO)cc(OC)c3O[C@@H]2[C@H]1O. The third-order valence-corrected chi connectivity index (χ3v) is 7.83. The number of Topliss-reactive ketones (excluding diaryl/α,β-unsaturated/α-hetero) is 1. The number of rotatable bonds is 9. The van der Waals surface area contributed by atoms with Crippen molar-refractivity contribution in [2.24, 2.45) is 0 Å². The van der Waals surface area contributed by atoms with Gasteiger partial charge in [-0.1, -0.05) is 32.6 Å². The van der Waals surface area contributed by atoms with Gasteiger partial charge in [-0.05, 0) is 36.6 Å². The summed E-state index contributed by atoms with van der Waals surface area (Å²) in [6.07, 6.45) is 4.73. The summed E-state index contributed by atoms with van der Waals surface area (Å²) in [6, 6.07) is 2.14. The molecule has 3 aliphatic rings. The number of aliphatic hydroxyl groups is 3. The molecule has 0 unspecified atom stereocenters. The Morgan fingerprint density at radius 1 is 1.13 bits per heavy atom. The number of hydrogen-bond acceptors (Lipinski definition) is 8. The monoisotopic (exact) mass is 530 g/mol. The number of methoxy groups -OCH3 is 1. The van der Waals surface area contributed by atoms with E-state index in [1.165, 1.54) is 12.0 Å². The first kappa shape index (κ1) is 28.1. The van der Waals surface area contributed by atoms with Gasteiger partial charge < -0.3 is 35.0 Å². The molecule has 1 saturated carbocycles. The molecule has 208 valence electrons. The number of benzene rings is 1. The second-order valence-corrected chi connectivity index (χ2v) is 10.2. The standard InChI is InChI=1S/C28H38N2O8/c1-3-21(33)28(36)30(17-8-6-4-5-7-9-17)20-14-19(27(35)29-10-11-31)23-18-12-16(15-32)13-22(37-2)25(18)38-26(23)24(20)34/h12-14,17,20,23-24,26,31-32,34H,3-11,15H2,1-2H3,(H,29,35)/t20-,23+,24+,26+/m1/s1. The lowest BCUT2D eigenvalue weighted by molar-refractivity contribution is -0.151. The molecule has 0 aromatic heterocycles. The van der Waals surface area contributed by atoms with Crippen molar-refractivity contribution in [1.29, 1.82) is 0 Å². The highest BCUT2D eigenvalue weighted by Gasteiger charge is 2.52. The first-order valence-electron chi connectivity index (χ1n) is 13.5. The average molecular weight is 531 g/mol. The highest BCUT2D eigenvalue weighted by molar-refractivity contribution is 6.36. The normalized spacial score (nSPS) is 24.8. The van der Waals surface area contributed by atoms with Crippen LogP contribution in [-0.2, 0) is 21.0 Å². The molecule has 2 aliphatic carbocycles. The number of hydrogen-bond donors (Lipinski definition) is 4. The number of carbonyl (C=O) groups is 3. The number of ether oxygens (including phenoxy) is 2. The van der Waals surface area contributed by atoms with E-state index in [0.717, 1.165) is 25.7 Å². The molecule has 4 N–H and O–H groups in total. The van der Waals surface area contributed by atoms with Gasteiger partial charge in [0.1, 0.15) is 12.2 Å². The zero-order valence-corrected chi connectivity index (χ0v) is 22.0. The Hall–Kier alpha value is -2.95. The second kappa shape index (κ2) is 12.3. The maximum absolute atomic E-state index is 13.5. The van der Waals surface area contributed by atoms with Crippen LogP contribution in [0, 0.1) is 0 Å². The quantitative estimate of drug-likeness (QED) is 0.276. The maximum Gasteiger partial charge on any atom is 0.290 e. The lowest BCUT2D eigenvalue weighted by atomic mass is 9.76. The Morgan fingerprint density at radius 3 is 2.45 bits per heavy atom. The molecule has 1 aromatic rings. The molecule has 38 heavy (non-hydrogen) atoms. The number of nitrogens with zero attached hydrogens (tertiary/aromatic N) is 1. The van der Waals surface area contributed by atoms with Crippen LogP contribution in [-0.4, -0.2) is 82.4 Å². The van der Waals surface area contributed by atoms with Crippen LogP contribution in [0.5, 0.6) is 11.5 Å². The minimum Gasteiger partial charge on any atom is -0.493 e. The molecule has 1 heterocycles. The molecular weight excluding hydrogens is 492 g/mol. The van der Waals surface area contributed by atoms with E-state index in [1.807, 2.05) is 0 Å². The summed E-state index contributed by atoms with van der Waals surface area (Å²) >= 11 is 0. The van der Waals surface area contributed by atoms with Crippen molar-refractivity contribution in [3.8, 4) is 11.5 Å². The van der Waals surface area contributed by atoms with E-state index in [1.54, 1.807) is 25.1 Å². The average Bonchev–Trinajstić information content (AvgIpc) is 3.12. The van der Waals surface area contributed by atoms with Crippen LogP contribution in [0.25, 0.3) is 0 Å². The van der Waals surface area contributed by atoms with E-state index in [9.17, 15) is 29.7 Å². The number of fused-ring (bicyclic) bond motifs is 3. The van der Waals surface area contributed by atoms with Crippen LogP contribution >= 0.6 is 0 Å². The van der Waals surface area contributed by atoms with Crippen molar-refractivity contribution >= 4 is 17.6 Å². The van der Waals surface area contributed by atoms with Crippen LogP contribution in [0.1, 0.15) is 68.9 Å². The number of nitrogens with one attached hydrogen (secondary N) is 1. The Bertz CT molecular complexity index is 1080. The first-order valence-corrected chi connectivity index (χ1v) is 13.5. The highest BCUT2D eigenvalue weighted by Crippen LogP contribution is 2.51. The largest absolute Gasteiger partial charge is 0.493 e. The van der Waals surface area contributed by atoms with Crippen LogP contribution in [0.15, 0.2) is 23.8 Å². The number of aliphatic hydroxyl groups excluding tert-OH is 3. The summed E-state index contributed by atoms with van der Waals surface area (Å²) in [6.45, 7) is 1.13. The first-order chi connectivity index (χ1) is 18.4. The van der Waals surface area contributed by atoms with E-state index < -0.39 is 41.8 Å². The molecule has 2 amide bonds. The Labute approximate surface area is 222 Å². The predicted octanol–water partition coefficient (Wildman–Crippen LogP) is 1.34. The summed E-state index contributed by atoms with van der Waals surface area (Å²) < 4.78 is 11.7. The Kier molecular flexibility index (Phi) is 9.07. The molecule has 1 aromatic carbocycles. The minimum atomic E-state index is -1.24. The van der Waals surface area contributed by atoms with Gasteiger partial charge in [-0.3, -0.25) is 14.4 Å². The molecule has 0 saturated heterocycles. The summed E-state index contributed by atoms with van der Waals surface area (Å²) in [5.41, 5.74) is 1.41. The van der Waals surface area contributed by atoms with Gasteiger partial charge in [0.15, 0.2) is 11.5 Å². The number of amides is 2. The molecular formula is C28H38N2O8. The fourth-order valence-corrected chi connectivity index (χ4v) is 5.97. The minimum absolute atomic E-state index is 0.0219. The molecule has 4 rings (SSSR count). The van der Waals surface area contributed by atoms with Gasteiger partial charge in [0.05, 0.1) is 32.3 Å². The van der Waals surface area contributed by atoms with Crippen LogP contribution in [0.4, 0.5) is 0 Å². The third kappa shape index (κ3) is 5.30. The van der Waals surface area contributed by atoms with E-state index in [2.05, 4.69) is 5.32 Å². The van der Waals surface area contributed by atoms with Crippen LogP contribution in [0.2, 0.25) is 0 Å². The fraction of sp³-hybridized carbons (Fsp3) is 0.607. The highest BCUT2D eigenvalue weighted by atomic mass is 16.5. The Morgan fingerprint density at radius 2 is 1.84 bits per heavy atom. The lowest BCUT2D eigenvalue weighted by Crippen LogP contribution is -2.59. The van der Waals surface area contributed by atoms with Crippen molar-refractivity contribution in [2.45, 2.75) is 88.7 Å². The summed E-state index contributed by atoms with van der Waals surface area (Å²) in [5, 5.41) is 33.5. The van der Waals surface area contributed by atoms with Crippen LogP contribution < -0.4 is 14.8 Å². The number of carbonyl (C=O) groups excluding carboxylic acids is 3. The van der Waals surface area contributed by atoms with Crippen molar-refractivity contribution in [3.63, 3.8) is 0 Å². The van der Waals surface area contributed by atoms with E-state index in [-0.39, 0.29) is 37.8 Å². The zero-order chi connectivity index (χ0) is 27.4. The molecule has 10 heteroatoms. The molecule has 0 bridgehead atoms. The lowest BCUT2D eigenvalue weighted by Gasteiger charge is -2.43. The fourth-order valence-electron chi connectivity index (χ4n) is 5.97.